The zero-order chi connectivity index (χ0) is 19.4. The lowest BCUT2D eigenvalue weighted by Gasteiger charge is -2.16. The van der Waals surface area contributed by atoms with Crippen molar-refractivity contribution >= 4 is 35.1 Å². The summed E-state index contributed by atoms with van der Waals surface area (Å²) < 4.78 is 2.07. The zero-order valence-corrected chi connectivity index (χ0v) is 17.7. The van der Waals surface area contributed by atoms with Gasteiger partial charge in [0.1, 0.15) is 5.82 Å². The van der Waals surface area contributed by atoms with Crippen molar-refractivity contribution in [3.05, 3.63) is 48.4 Å². The Balaban J connectivity index is 1.82. The molecule has 0 radical (unpaired) electrons. The van der Waals surface area contributed by atoms with Gasteiger partial charge in [-0.3, -0.25) is 9.20 Å². The van der Waals surface area contributed by atoms with Gasteiger partial charge in [-0.05, 0) is 24.3 Å². The molecular formula is C20H24N4OS2. The highest BCUT2D eigenvalue weighted by molar-refractivity contribution is 8.02. The number of amides is 1. The summed E-state index contributed by atoms with van der Waals surface area (Å²) in [4.78, 5) is 14.9. The van der Waals surface area contributed by atoms with E-state index in [-0.39, 0.29) is 11.3 Å². The van der Waals surface area contributed by atoms with Gasteiger partial charge in [-0.1, -0.05) is 44.7 Å². The Labute approximate surface area is 168 Å². The van der Waals surface area contributed by atoms with Gasteiger partial charge in [-0.25, -0.2) is 0 Å². The van der Waals surface area contributed by atoms with Crippen LogP contribution in [0.25, 0.3) is 5.65 Å². The Bertz CT molecular complexity index is 947. The number of hydrogen-bond donors (Lipinski definition) is 1. The van der Waals surface area contributed by atoms with Crippen LogP contribution in [0.1, 0.15) is 33.0 Å². The molecule has 3 aromatic rings. The Morgan fingerprint density at radius 2 is 1.85 bits per heavy atom. The van der Waals surface area contributed by atoms with Crippen LogP contribution in [-0.2, 0) is 10.2 Å². The van der Waals surface area contributed by atoms with E-state index < -0.39 is 0 Å². The third kappa shape index (κ3) is 4.84. The first-order valence-corrected chi connectivity index (χ1v) is 10.6. The van der Waals surface area contributed by atoms with Gasteiger partial charge in [0.15, 0.2) is 5.65 Å². The van der Waals surface area contributed by atoms with Gasteiger partial charge in [0.25, 0.3) is 0 Å². The lowest BCUT2D eigenvalue weighted by atomic mass is 9.96. The number of nitrogens with zero attached hydrogens (tertiary/aromatic N) is 3. The van der Waals surface area contributed by atoms with Crippen LogP contribution in [-0.4, -0.2) is 33.3 Å². The molecule has 3 rings (SSSR count). The zero-order valence-electron chi connectivity index (χ0n) is 16.0. The quantitative estimate of drug-likeness (QED) is 0.621. The van der Waals surface area contributed by atoms with Crippen LogP contribution < -0.4 is 5.32 Å². The van der Waals surface area contributed by atoms with Gasteiger partial charge < -0.3 is 5.32 Å². The number of nitrogens with one attached hydrogen (secondary N) is 1. The van der Waals surface area contributed by atoms with Crippen molar-refractivity contribution < 1.29 is 4.79 Å². The number of hydrogen-bond acceptors (Lipinski definition) is 5. The van der Waals surface area contributed by atoms with E-state index in [4.69, 9.17) is 0 Å². The SMILES string of the molecule is CNC(=O)CCSc1ccccc1Sc1ccc2nnc(C(C)(C)C)n2c1. The van der Waals surface area contributed by atoms with Crippen molar-refractivity contribution in [2.45, 2.75) is 47.3 Å². The summed E-state index contributed by atoms with van der Waals surface area (Å²) in [5.74, 6) is 1.78. The third-order valence-electron chi connectivity index (χ3n) is 3.99. The van der Waals surface area contributed by atoms with Gasteiger partial charge in [-0.15, -0.1) is 22.0 Å². The van der Waals surface area contributed by atoms with Crippen LogP contribution in [0.4, 0.5) is 0 Å². The molecule has 0 aliphatic heterocycles. The smallest absolute Gasteiger partial charge is 0.220 e. The normalized spacial score (nSPS) is 11.7. The average molecular weight is 401 g/mol. The van der Waals surface area contributed by atoms with Crippen molar-refractivity contribution in [3.63, 3.8) is 0 Å². The van der Waals surface area contributed by atoms with E-state index in [1.165, 1.54) is 9.79 Å². The van der Waals surface area contributed by atoms with Gasteiger partial charge in [0.2, 0.25) is 5.91 Å². The molecule has 5 nitrogen and oxygen atoms in total. The van der Waals surface area contributed by atoms with Gasteiger partial charge >= 0.3 is 0 Å². The van der Waals surface area contributed by atoms with E-state index in [9.17, 15) is 4.79 Å². The number of benzene rings is 1. The fourth-order valence-electron chi connectivity index (χ4n) is 2.60. The highest BCUT2D eigenvalue weighted by Gasteiger charge is 2.21. The first-order valence-electron chi connectivity index (χ1n) is 8.84. The minimum atomic E-state index is -0.0731. The van der Waals surface area contributed by atoms with E-state index in [0.29, 0.717) is 6.42 Å². The summed E-state index contributed by atoms with van der Waals surface area (Å²) in [6.07, 6.45) is 2.62. The molecule has 0 saturated carbocycles. The summed E-state index contributed by atoms with van der Waals surface area (Å²) in [5.41, 5.74) is 0.786. The number of thioether (sulfide) groups is 1. The topological polar surface area (TPSA) is 59.3 Å². The van der Waals surface area contributed by atoms with Crippen molar-refractivity contribution in [2.75, 3.05) is 12.8 Å². The van der Waals surface area contributed by atoms with Gasteiger partial charge in [-0.2, -0.15) is 0 Å². The highest BCUT2D eigenvalue weighted by atomic mass is 32.2. The second-order valence-corrected chi connectivity index (χ2v) is 9.44. The maximum atomic E-state index is 11.4. The third-order valence-corrected chi connectivity index (χ3v) is 6.25. The molecule has 0 unspecified atom stereocenters. The average Bonchev–Trinajstić information content (AvgIpc) is 3.06. The van der Waals surface area contributed by atoms with E-state index in [0.717, 1.165) is 22.1 Å². The van der Waals surface area contributed by atoms with Crippen LogP contribution >= 0.6 is 23.5 Å². The molecular weight excluding hydrogens is 376 g/mol. The fraction of sp³-hybridized carbons (Fsp3) is 0.350. The second kappa shape index (κ2) is 8.35. The summed E-state index contributed by atoms with van der Waals surface area (Å²) in [6.45, 7) is 6.42. The minimum absolute atomic E-state index is 0.0698. The Morgan fingerprint density at radius 1 is 1.11 bits per heavy atom. The number of aromatic nitrogens is 3. The Hall–Kier alpha value is -1.99. The molecule has 0 fully saturated rings. The molecule has 0 atom stereocenters. The molecule has 0 bridgehead atoms. The summed E-state index contributed by atoms with van der Waals surface area (Å²) in [7, 11) is 1.67. The molecule has 7 heteroatoms. The lowest BCUT2D eigenvalue weighted by Crippen LogP contribution is -2.17. The van der Waals surface area contributed by atoms with Crippen molar-refractivity contribution in [1.29, 1.82) is 0 Å². The Morgan fingerprint density at radius 3 is 2.56 bits per heavy atom. The monoisotopic (exact) mass is 400 g/mol. The fourth-order valence-corrected chi connectivity index (χ4v) is 4.66. The first kappa shape index (κ1) is 19.8. The maximum absolute atomic E-state index is 11.4. The molecule has 0 spiro atoms. The van der Waals surface area contributed by atoms with Crippen molar-refractivity contribution in [2.24, 2.45) is 0 Å². The van der Waals surface area contributed by atoms with E-state index in [1.54, 1.807) is 30.6 Å². The van der Waals surface area contributed by atoms with Crippen LogP contribution in [0.3, 0.4) is 0 Å². The predicted molar refractivity (Wildman–Crippen MR) is 112 cm³/mol. The lowest BCUT2D eigenvalue weighted by molar-refractivity contribution is -0.120. The molecule has 0 saturated heterocycles. The molecule has 1 amide bonds. The van der Waals surface area contributed by atoms with E-state index >= 15 is 0 Å². The largest absolute Gasteiger partial charge is 0.359 e. The molecule has 2 heterocycles. The van der Waals surface area contributed by atoms with Crippen LogP contribution in [0.2, 0.25) is 0 Å². The van der Waals surface area contributed by atoms with Crippen molar-refractivity contribution in [1.82, 2.24) is 19.9 Å². The summed E-state index contributed by atoms with van der Waals surface area (Å²) in [5, 5.41) is 11.3. The van der Waals surface area contributed by atoms with Gasteiger partial charge in [0, 0.05) is 45.5 Å². The standard InChI is InChI=1S/C20H24N4OS2/c1-20(2,3)19-23-22-17-10-9-14(13-24(17)19)27-16-8-6-5-7-15(16)26-12-11-18(25)21-4/h5-10,13H,11-12H2,1-4H3,(H,21,25). The molecule has 1 aromatic carbocycles. The first-order chi connectivity index (χ1) is 12.9. The predicted octanol–water partition coefficient (Wildman–Crippen LogP) is 4.41. The molecule has 27 heavy (non-hydrogen) atoms. The van der Waals surface area contributed by atoms with Crippen LogP contribution in [0.15, 0.2) is 57.3 Å². The molecule has 2 aromatic heterocycles. The number of carbonyl (C=O) groups is 1. The number of carbonyl (C=O) groups excluding carboxylic acids is 1. The minimum Gasteiger partial charge on any atom is -0.359 e. The Kier molecular flexibility index (Phi) is 6.11. The molecule has 0 aliphatic carbocycles. The van der Waals surface area contributed by atoms with E-state index in [1.807, 2.05) is 18.2 Å². The van der Waals surface area contributed by atoms with Gasteiger partial charge in [0.05, 0.1) is 0 Å². The number of rotatable bonds is 6. The molecule has 1 N–H and O–H groups in total. The van der Waals surface area contributed by atoms with Crippen molar-refractivity contribution in [3.8, 4) is 0 Å². The second-order valence-electron chi connectivity index (χ2n) is 7.19. The summed E-state index contributed by atoms with van der Waals surface area (Å²) >= 11 is 3.43. The van der Waals surface area contributed by atoms with Crippen LogP contribution in [0, 0.1) is 0 Å². The summed E-state index contributed by atoms with van der Waals surface area (Å²) in [6, 6.07) is 12.4. The molecule has 142 valence electrons. The highest BCUT2D eigenvalue weighted by Crippen LogP contribution is 2.36. The molecule has 0 aliphatic rings. The van der Waals surface area contributed by atoms with Crippen LogP contribution in [0.5, 0.6) is 0 Å². The van der Waals surface area contributed by atoms with E-state index in [2.05, 4.69) is 65.1 Å². The number of pyridine rings is 1. The maximum Gasteiger partial charge on any atom is 0.220 e. The number of fused-ring (bicyclic) bond motifs is 1.